The van der Waals surface area contributed by atoms with Crippen molar-refractivity contribution in [2.75, 3.05) is 6.61 Å². The molecule has 0 unspecified atom stereocenters. The van der Waals surface area contributed by atoms with Crippen molar-refractivity contribution in [3.8, 4) is 17.2 Å². The van der Waals surface area contributed by atoms with Crippen LogP contribution in [0, 0.1) is 0 Å². The minimum Gasteiger partial charge on any atom is -0.506 e. The number of rotatable bonds is 7. The fourth-order valence-electron chi connectivity index (χ4n) is 2.10. The monoisotopic (exact) mass is 426 g/mol. The van der Waals surface area contributed by atoms with Crippen LogP contribution in [-0.4, -0.2) is 23.5 Å². The van der Waals surface area contributed by atoms with E-state index in [-0.39, 0.29) is 36.5 Å². The Balaban J connectivity index is 2.19. The summed E-state index contributed by atoms with van der Waals surface area (Å²) in [6.07, 6.45) is -0.122. The highest BCUT2D eigenvalue weighted by Gasteiger charge is 2.18. The zero-order chi connectivity index (χ0) is 18.4. The Hall–Kier alpha value is -2.05. The number of hydrogen-bond acceptors (Lipinski definition) is 5. The smallest absolute Gasteiger partial charge is 0.306 e. The molecule has 0 bridgehead atoms. The highest BCUT2D eigenvalue weighted by atomic mass is 79.9. The van der Waals surface area contributed by atoms with E-state index in [1.807, 2.05) is 0 Å². The highest BCUT2D eigenvalue weighted by molar-refractivity contribution is 9.10. The molecule has 0 spiro atoms. The van der Waals surface area contributed by atoms with Gasteiger partial charge in [0.1, 0.15) is 17.2 Å². The molecule has 1 N–H and O–H groups in total. The van der Waals surface area contributed by atoms with E-state index in [2.05, 4.69) is 15.9 Å². The minimum atomic E-state index is -0.458. The lowest BCUT2D eigenvalue weighted by molar-refractivity contribution is -0.143. The molecular formula is C18H16BrClO5. The van der Waals surface area contributed by atoms with Crippen LogP contribution in [0.3, 0.4) is 0 Å². The number of phenols is 1. The molecule has 0 radical (unpaired) electrons. The van der Waals surface area contributed by atoms with E-state index in [0.29, 0.717) is 21.0 Å². The molecule has 25 heavy (non-hydrogen) atoms. The molecule has 2 aromatic carbocycles. The van der Waals surface area contributed by atoms with Gasteiger partial charge in [-0.1, -0.05) is 17.7 Å². The summed E-state index contributed by atoms with van der Waals surface area (Å²) in [4.78, 5) is 23.7. The van der Waals surface area contributed by atoms with Crippen molar-refractivity contribution in [2.24, 2.45) is 0 Å². The summed E-state index contributed by atoms with van der Waals surface area (Å²) >= 11 is 9.12. The van der Waals surface area contributed by atoms with Gasteiger partial charge >= 0.3 is 5.97 Å². The van der Waals surface area contributed by atoms with Crippen LogP contribution >= 0.6 is 27.5 Å². The Morgan fingerprint density at radius 3 is 2.60 bits per heavy atom. The first-order chi connectivity index (χ1) is 11.9. The molecule has 0 aliphatic rings. The second-order valence-corrected chi connectivity index (χ2v) is 6.38. The number of phenolic OH excluding ortho intramolecular Hbond substituents is 1. The van der Waals surface area contributed by atoms with Crippen LogP contribution in [0.5, 0.6) is 17.2 Å². The first-order valence-corrected chi connectivity index (χ1v) is 8.72. The van der Waals surface area contributed by atoms with E-state index in [9.17, 15) is 14.7 Å². The van der Waals surface area contributed by atoms with Gasteiger partial charge < -0.3 is 14.6 Å². The minimum absolute atomic E-state index is 0.0525. The quantitative estimate of drug-likeness (QED) is 0.490. The van der Waals surface area contributed by atoms with Crippen LogP contribution in [0.25, 0.3) is 0 Å². The first-order valence-electron chi connectivity index (χ1n) is 7.55. The Morgan fingerprint density at radius 1 is 1.16 bits per heavy atom. The number of carbonyl (C=O) groups is 2. The predicted octanol–water partition coefficient (Wildman–Crippen LogP) is 5.13. The lowest BCUT2D eigenvalue weighted by Gasteiger charge is -2.11. The summed E-state index contributed by atoms with van der Waals surface area (Å²) in [6, 6.07) is 9.76. The van der Waals surface area contributed by atoms with Crippen LogP contribution in [0.15, 0.2) is 40.9 Å². The average molecular weight is 428 g/mol. The largest absolute Gasteiger partial charge is 0.506 e. The molecule has 0 heterocycles. The van der Waals surface area contributed by atoms with E-state index in [1.54, 1.807) is 37.3 Å². The number of benzene rings is 2. The Bertz CT molecular complexity index is 791. The van der Waals surface area contributed by atoms with Crippen LogP contribution in [0.4, 0.5) is 0 Å². The molecule has 2 rings (SSSR count). The predicted molar refractivity (Wildman–Crippen MR) is 97.5 cm³/mol. The van der Waals surface area contributed by atoms with Gasteiger partial charge in [0.2, 0.25) is 0 Å². The lowest BCUT2D eigenvalue weighted by Crippen LogP contribution is -2.08. The molecule has 0 atom stereocenters. The third-order valence-electron chi connectivity index (χ3n) is 3.23. The van der Waals surface area contributed by atoms with Crippen LogP contribution in [0.2, 0.25) is 5.02 Å². The molecule has 0 aliphatic heterocycles. The number of Topliss-reactive ketones (excluding diaryl/α,β-unsaturated/α-hetero) is 1. The topological polar surface area (TPSA) is 72.8 Å². The van der Waals surface area contributed by atoms with E-state index in [4.69, 9.17) is 21.1 Å². The van der Waals surface area contributed by atoms with Gasteiger partial charge in [0, 0.05) is 11.4 Å². The van der Waals surface area contributed by atoms with Crippen molar-refractivity contribution in [3.63, 3.8) is 0 Å². The van der Waals surface area contributed by atoms with Gasteiger partial charge in [-0.05, 0) is 53.2 Å². The van der Waals surface area contributed by atoms with Crippen LogP contribution in [0.1, 0.15) is 30.1 Å². The SMILES string of the molecule is CCOC(=O)CCC(=O)c1cc(Oc2cccc(Cl)c2)cc(Br)c1O. The second kappa shape index (κ2) is 8.87. The fourth-order valence-corrected chi connectivity index (χ4v) is 2.72. The lowest BCUT2D eigenvalue weighted by atomic mass is 10.1. The third kappa shape index (κ3) is 5.47. The van der Waals surface area contributed by atoms with Gasteiger partial charge in [-0.3, -0.25) is 9.59 Å². The van der Waals surface area contributed by atoms with Crippen molar-refractivity contribution < 1.29 is 24.2 Å². The van der Waals surface area contributed by atoms with Gasteiger partial charge in [-0.25, -0.2) is 0 Å². The maximum atomic E-state index is 12.3. The summed E-state index contributed by atoms with van der Waals surface area (Å²) in [5, 5.41) is 10.6. The zero-order valence-electron chi connectivity index (χ0n) is 13.4. The van der Waals surface area contributed by atoms with Crippen molar-refractivity contribution in [1.29, 1.82) is 0 Å². The maximum absolute atomic E-state index is 12.3. The maximum Gasteiger partial charge on any atom is 0.306 e. The number of carbonyl (C=O) groups excluding carboxylic acids is 2. The number of esters is 1. The number of hydrogen-bond donors (Lipinski definition) is 1. The van der Waals surface area contributed by atoms with Gasteiger partial charge in [-0.2, -0.15) is 0 Å². The van der Waals surface area contributed by atoms with Crippen molar-refractivity contribution in [1.82, 2.24) is 0 Å². The molecule has 0 aliphatic carbocycles. The molecule has 132 valence electrons. The van der Waals surface area contributed by atoms with E-state index < -0.39 is 5.97 Å². The second-order valence-electron chi connectivity index (χ2n) is 5.09. The van der Waals surface area contributed by atoms with E-state index in [0.717, 1.165) is 0 Å². The third-order valence-corrected chi connectivity index (χ3v) is 4.07. The molecule has 0 aromatic heterocycles. The van der Waals surface area contributed by atoms with Gasteiger partial charge in [0.05, 0.1) is 23.1 Å². The Labute approximate surface area is 158 Å². The summed E-state index contributed by atoms with van der Waals surface area (Å²) < 4.78 is 10.8. The number of ketones is 1. The first kappa shape index (κ1) is 19.3. The summed E-state index contributed by atoms with van der Waals surface area (Å²) in [6.45, 7) is 1.95. The Morgan fingerprint density at radius 2 is 1.92 bits per heavy atom. The van der Waals surface area contributed by atoms with Crippen molar-refractivity contribution >= 4 is 39.3 Å². The van der Waals surface area contributed by atoms with Crippen LogP contribution in [-0.2, 0) is 9.53 Å². The average Bonchev–Trinajstić information content (AvgIpc) is 2.56. The molecule has 0 amide bonds. The molecule has 0 fully saturated rings. The van der Waals surface area contributed by atoms with Gasteiger partial charge in [0.15, 0.2) is 5.78 Å². The number of ether oxygens (including phenoxy) is 2. The summed E-state index contributed by atoms with van der Waals surface area (Å²) in [5.41, 5.74) is 0.0655. The number of aromatic hydroxyl groups is 1. The summed E-state index contributed by atoms with van der Waals surface area (Å²) in [7, 11) is 0. The highest BCUT2D eigenvalue weighted by Crippen LogP contribution is 2.35. The van der Waals surface area contributed by atoms with Gasteiger partial charge in [0.25, 0.3) is 0 Å². The van der Waals surface area contributed by atoms with Crippen LogP contribution < -0.4 is 4.74 Å². The van der Waals surface area contributed by atoms with Crippen molar-refractivity contribution in [2.45, 2.75) is 19.8 Å². The fraction of sp³-hybridized carbons (Fsp3) is 0.222. The van der Waals surface area contributed by atoms with E-state index in [1.165, 1.54) is 6.07 Å². The molecule has 0 saturated heterocycles. The van der Waals surface area contributed by atoms with E-state index >= 15 is 0 Å². The normalized spacial score (nSPS) is 10.4. The summed E-state index contributed by atoms with van der Waals surface area (Å²) in [5.74, 6) is -0.197. The molecule has 7 heteroatoms. The molecule has 2 aromatic rings. The zero-order valence-corrected chi connectivity index (χ0v) is 15.8. The Kier molecular flexibility index (Phi) is 6.84. The molecular weight excluding hydrogens is 412 g/mol. The number of halogens is 2. The molecule has 0 saturated carbocycles. The van der Waals surface area contributed by atoms with Crippen molar-refractivity contribution in [3.05, 3.63) is 51.5 Å². The van der Waals surface area contributed by atoms with Gasteiger partial charge in [-0.15, -0.1) is 0 Å². The standard InChI is InChI=1S/C18H16BrClO5/c1-2-24-17(22)7-6-16(21)14-9-13(10-15(19)18(14)23)25-12-5-3-4-11(20)8-12/h3-5,8-10,23H,2,6-7H2,1H3. The molecule has 5 nitrogen and oxygen atoms in total.